The molecule has 3 nitrogen and oxygen atoms in total. The first-order valence-corrected chi connectivity index (χ1v) is 5.05. The third kappa shape index (κ3) is 2.30. The van der Waals surface area contributed by atoms with E-state index in [0.29, 0.717) is 17.3 Å². The van der Waals surface area contributed by atoms with E-state index in [2.05, 4.69) is 4.74 Å². The van der Waals surface area contributed by atoms with Gasteiger partial charge in [0, 0.05) is 11.6 Å². The fourth-order valence-electron chi connectivity index (χ4n) is 1.78. The lowest BCUT2D eigenvalue weighted by atomic mass is 10.1. The van der Waals surface area contributed by atoms with Crippen molar-refractivity contribution < 1.29 is 17.9 Å². The zero-order valence-corrected chi connectivity index (χ0v) is 9.08. The molecule has 1 aromatic carbocycles. The molecule has 2 rings (SSSR count). The van der Waals surface area contributed by atoms with Crippen LogP contribution in [0.15, 0.2) is 24.4 Å². The molecule has 0 aliphatic carbocycles. The molecule has 1 heterocycles. The maximum atomic E-state index is 12.1. The van der Waals surface area contributed by atoms with Crippen LogP contribution in [-0.2, 0) is 6.42 Å². The van der Waals surface area contributed by atoms with Gasteiger partial charge >= 0.3 is 6.36 Å². The van der Waals surface area contributed by atoms with Gasteiger partial charge in [0.05, 0.1) is 5.52 Å². The highest BCUT2D eigenvalue weighted by atomic mass is 19.4. The van der Waals surface area contributed by atoms with Crippen LogP contribution < -0.4 is 10.6 Å². The molecule has 0 spiro atoms. The van der Waals surface area contributed by atoms with E-state index in [9.17, 15) is 13.2 Å². The molecule has 17 heavy (non-hydrogen) atoms. The van der Waals surface area contributed by atoms with Crippen LogP contribution in [0.3, 0.4) is 0 Å². The highest BCUT2D eigenvalue weighted by Gasteiger charge is 2.31. The quantitative estimate of drug-likeness (QED) is 0.825. The molecule has 0 saturated carbocycles. The Morgan fingerprint density at radius 2 is 2.06 bits per heavy atom. The van der Waals surface area contributed by atoms with Gasteiger partial charge in [0.15, 0.2) is 0 Å². The molecule has 2 aromatic rings. The first kappa shape index (κ1) is 11.6. The number of hydrogen-bond acceptors (Lipinski definition) is 2. The molecule has 0 aliphatic heterocycles. The van der Waals surface area contributed by atoms with Crippen molar-refractivity contribution in [3.63, 3.8) is 0 Å². The number of fused-ring (bicyclic) bond motifs is 1. The lowest BCUT2D eigenvalue weighted by Crippen LogP contribution is -2.17. The summed E-state index contributed by atoms with van der Waals surface area (Å²) in [6.45, 7) is 1.91. The standard InChI is InChI=1S/C11H11F3N2O/c1-2-7-6-16(15)10-4-3-8(5-9(7)10)17-11(12,13)14/h3-6H,2,15H2,1H3. The first-order valence-electron chi connectivity index (χ1n) is 5.05. The maximum absolute atomic E-state index is 12.1. The molecule has 0 bridgehead atoms. The van der Waals surface area contributed by atoms with E-state index in [-0.39, 0.29) is 5.75 Å². The second-order valence-corrected chi connectivity index (χ2v) is 3.64. The Hall–Kier alpha value is -1.85. The Kier molecular flexibility index (Phi) is 2.65. The molecule has 92 valence electrons. The van der Waals surface area contributed by atoms with Gasteiger partial charge < -0.3 is 10.6 Å². The summed E-state index contributed by atoms with van der Waals surface area (Å²) >= 11 is 0. The lowest BCUT2D eigenvalue weighted by molar-refractivity contribution is -0.274. The molecule has 0 unspecified atom stereocenters. The zero-order chi connectivity index (χ0) is 12.6. The predicted octanol–water partition coefficient (Wildman–Crippen LogP) is 2.82. The van der Waals surface area contributed by atoms with Gasteiger partial charge in [-0.3, -0.25) is 4.68 Å². The number of ether oxygens (including phenoxy) is 1. The minimum Gasteiger partial charge on any atom is -0.406 e. The van der Waals surface area contributed by atoms with Crippen LogP contribution in [0.5, 0.6) is 5.75 Å². The maximum Gasteiger partial charge on any atom is 0.573 e. The lowest BCUT2D eigenvalue weighted by Gasteiger charge is -2.09. The second kappa shape index (κ2) is 3.87. The Balaban J connectivity index is 2.49. The fraction of sp³-hybridized carbons (Fsp3) is 0.273. The molecule has 1 aromatic heterocycles. The van der Waals surface area contributed by atoms with Crippen LogP contribution in [0.1, 0.15) is 12.5 Å². The molecular formula is C11H11F3N2O. The molecule has 0 atom stereocenters. The van der Waals surface area contributed by atoms with E-state index in [1.165, 1.54) is 22.9 Å². The van der Waals surface area contributed by atoms with Crippen LogP contribution >= 0.6 is 0 Å². The summed E-state index contributed by atoms with van der Waals surface area (Å²) in [5, 5.41) is 0.678. The van der Waals surface area contributed by atoms with Crippen LogP contribution in [0.4, 0.5) is 13.2 Å². The van der Waals surface area contributed by atoms with Gasteiger partial charge in [-0.2, -0.15) is 0 Å². The molecule has 0 saturated heterocycles. The van der Waals surface area contributed by atoms with E-state index >= 15 is 0 Å². The fourth-order valence-corrected chi connectivity index (χ4v) is 1.78. The van der Waals surface area contributed by atoms with Gasteiger partial charge in [-0.25, -0.2) is 0 Å². The van der Waals surface area contributed by atoms with Crippen LogP contribution in [0.2, 0.25) is 0 Å². The van der Waals surface area contributed by atoms with Gasteiger partial charge in [-0.1, -0.05) is 6.92 Å². The van der Waals surface area contributed by atoms with Crippen LogP contribution in [0.25, 0.3) is 10.9 Å². The normalized spacial score (nSPS) is 12.0. The monoisotopic (exact) mass is 244 g/mol. The van der Waals surface area contributed by atoms with Crippen molar-refractivity contribution in [3.8, 4) is 5.75 Å². The Morgan fingerprint density at radius 3 is 2.65 bits per heavy atom. The van der Waals surface area contributed by atoms with Gasteiger partial charge in [0.2, 0.25) is 0 Å². The summed E-state index contributed by atoms with van der Waals surface area (Å²) < 4.78 is 41.5. The largest absolute Gasteiger partial charge is 0.573 e. The third-order valence-electron chi connectivity index (χ3n) is 2.50. The Labute approximate surface area is 95.5 Å². The topological polar surface area (TPSA) is 40.2 Å². The van der Waals surface area contributed by atoms with Crippen LogP contribution in [-0.4, -0.2) is 11.0 Å². The van der Waals surface area contributed by atoms with Gasteiger partial charge in [0.25, 0.3) is 0 Å². The van der Waals surface area contributed by atoms with Crippen molar-refractivity contribution in [2.45, 2.75) is 19.7 Å². The van der Waals surface area contributed by atoms with Crippen molar-refractivity contribution in [1.82, 2.24) is 4.68 Å². The van der Waals surface area contributed by atoms with Crippen molar-refractivity contribution in [2.75, 3.05) is 5.84 Å². The number of halogens is 3. The number of nitrogens with two attached hydrogens (primary N) is 1. The van der Waals surface area contributed by atoms with E-state index in [4.69, 9.17) is 5.84 Å². The van der Waals surface area contributed by atoms with E-state index in [0.717, 1.165) is 5.56 Å². The first-order chi connectivity index (χ1) is 7.90. The van der Waals surface area contributed by atoms with Gasteiger partial charge in [-0.05, 0) is 30.2 Å². The number of nitrogen functional groups attached to an aromatic ring is 1. The number of rotatable bonds is 2. The molecule has 2 N–H and O–H groups in total. The summed E-state index contributed by atoms with van der Waals surface area (Å²) in [7, 11) is 0. The summed E-state index contributed by atoms with van der Waals surface area (Å²) in [6.07, 6.45) is -2.29. The highest BCUT2D eigenvalue weighted by Crippen LogP contribution is 2.28. The van der Waals surface area contributed by atoms with Crippen molar-refractivity contribution in [1.29, 1.82) is 0 Å². The van der Waals surface area contributed by atoms with Crippen molar-refractivity contribution in [3.05, 3.63) is 30.0 Å². The van der Waals surface area contributed by atoms with Crippen molar-refractivity contribution in [2.24, 2.45) is 0 Å². The summed E-state index contributed by atoms with van der Waals surface area (Å²) in [6, 6.07) is 4.11. The molecule has 6 heteroatoms. The molecule has 0 amide bonds. The Bertz CT molecular complexity index is 545. The minimum absolute atomic E-state index is 0.231. The molecular weight excluding hydrogens is 233 g/mol. The molecule has 0 fully saturated rings. The number of aromatic nitrogens is 1. The van der Waals surface area contributed by atoms with E-state index < -0.39 is 6.36 Å². The Morgan fingerprint density at radius 1 is 1.35 bits per heavy atom. The highest BCUT2D eigenvalue weighted by molar-refractivity contribution is 5.85. The average Bonchev–Trinajstić information content (AvgIpc) is 2.53. The number of aryl methyl sites for hydroxylation is 1. The molecule has 0 aliphatic rings. The number of alkyl halides is 3. The van der Waals surface area contributed by atoms with Crippen molar-refractivity contribution >= 4 is 10.9 Å². The zero-order valence-electron chi connectivity index (χ0n) is 9.08. The number of nitrogens with zero attached hydrogens (tertiary/aromatic N) is 1. The summed E-state index contributed by atoms with van der Waals surface area (Å²) in [4.78, 5) is 0. The average molecular weight is 244 g/mol. The van der Waals surface area contributed by atoms with E-state index in [1.807, 2.05) is 6.92 Å². The van der Waals surface area contributed by atoms with Crippen LogP contribution in [0, 0.1) is 0 Å². The molecule has 0 radical (unpaired) electrons. The SMILES string of the molecule is CCc1cn(N)c2ccc(OC(F)(F)F)cc12. The number of hydrogen-bond donors (Lipinski definition) is 1. The number of benzene rings is 1. The smallest absolute Gasteiger partial charge is 0.406 e. The minimum atomic E-state index is -4.68. The van der Waals surface area contributed by atoms with E-state index in [1.54, 1.807) is 6.20 Å². The summed E-state index contributed by atoms with van der Waals surface area (Å²) in [5.74, 6) is 5.45. The summed E-state index contributed by atoms with van der Waals surface area (Å²) in [5.41, 5.74) is 1.56. The third-order valence-corrected chi connectivity index (χ3v) is 2.50. The van der Waals surface area contributed by atoms with Gasteiger partial charge in [-0.15, -0.1) is 13.2 Å². The predicted molar refractivity (Wildman–Crippen MR) is 58.1 cm³/mol. The second-order valence-electron chi connectivity index (χ2n) is 3.64. The van der Waals surface area contributed by atoms with Gasteiger partial charge in [0.1, 0.15) is 5.75 Å².